The van der Waals surface area contributed by atoms with Crippen LogP contribution in [0.15, 0.2) is 102 Å². The van der Waals surface area contributed by atoms with E-state index in [9.17, 15) is 27.6 Å². The van der Waals surface area contributed by atoms with Gasteiger partial charge in [-0.1, -0.05) is 84.4 Å². The van der Waals surface area contributed by atoms with Crippen LogP contribution < -0.4 is 20.9 Å². The zero-order valence-electron chi connectivity index (χ0n) is 33.1. The number of amides is 4. The number of aryl methyl sites for hydroxylation is 3. The highest BCUT2D eigenvalue weighted by Crippen LogP contribution is 2.28. The van der Waals surface area contributed by atoms with Crippen molar-refractivity contribution in [1.29, 1.82) is 0 Å². The first-order chi connectivity index (χ1) is 27.8. The molecule has 306 valence electrons. The number of anilines is 1. The van der Waals surface area contributed by atoms with Gasteiger partial charge in [-0.25, -0.2) is 8.42 Å². The maximum absolute atomic E-state index is 14.3. The fourth-order valence-electron chi connectivity index (χ4n) is 7.72. The molecule has 13 heteroatoms. The summed E-state index contributed by atoms with van der Waals surface area (Å²) in [5.41, 5.74) is 5.46. The molecule has 1 saturated heterocycles. The van der Waals surface area contributed by atoms with Gasteiger partial charge in [0.2, 0.25) is 23.6 Å². The summed E-state index contributed by atoms with van der Waals surface area (Å²) in [6, 6.07) is 28.3. The molecule has 0 unspecified atom stereocenters. The molecule has 0 aliphatic carbocycles. The van der Waals surface area contributed by atoms with Gasteiger partial charge in [-0.05, 0) is 104 Å². The van der Waals surface area contributed by atoms with Crippen LogP contribution in [0.4, 0.5) is 5.69 Å². The molecule has 2 aliphatic heterocycles. The molecule has 0 aromatic heterocycles. The molecule has 0 radical (unpaired) electrons. The molecular weight excluding hydrogens is 774 g/mol. The van der Waals surface area contributed by atoms with E-state index in [1.165, 1.54) is 10.5 Å². The zero-order valence-corrected chi connectivity index (χ0v) is 34.7. The predicted molar refractivity (Wildman–Crippen MR) is 227 cm³/mol. The third kappa shape index (κ3) is 11.8. The Morgan fingerprint density at radius 1 is 0.759 bits per heavy atom. The monoisotopic (exact) mass is 825 g/mol. The van der Waals surface area contributed by atoms with Crippen LogP contribution in [-0.4, -0.2) is 88.0 Å². The highest BCUT2D eigenvalue weighted by molar-refractivity contribution is 7.90. The third-order valence-corrected chi connectivity index (χ3v) is 12.4. The van der Waals surface area contributed by atoms with Crippen LogP contribution in [-0.2, 0) is 61.1 Å². The van der Waals surface area contributed by atoms with E-state index in [4.69, 9.17) is 11.6 Å². The van der Waals surface area contributed by atoms with Crippen LogP contribution in [0.2, 0.25) is 5.02 Å². The first kappa shape index (κ1) is 42.6. The van der Waals surface area contributed by atoms with Gasteiger partial charge in [0.25, 0.3) is 0 Å². The molecule has 2 aliphatic rings. The second-order valence-electron chi connectivity index (χ2n) is 15.4. The Morgan fingerprint density at radius 3 is 2.22 bits per heavy atom. The lowest BCUT2D eigenvalue weighted by molar-refractivity contribution is -0.131. The number of nitrogens with zero attached hydrogens (tertiary/aromatic N) is 2. The number of para-hydroxylation sites is 1. The number of carbonyl (C=O) groups is 4. The van der Waals surface area contributed by atoms with Crippen molar-refractivity contribution < 1.29 is 27.6 Å². The van der Waals surface area contributed by atoms with Gasteiger partial charge >= 0.3 is 0 Å². The molecule has 4 amide bonds. The summed E-state index contributed by atoms with van der Waals surface area (Å²) in [5, 5.41) is 10.2. The van der Waals surface area contributed by atoms with E-state index in [-0.39, 0.29) is 48.0 Å². The van der Waals surface area contributed by atoms with E-state index in [0.29, 0.717) is 55.9 Å². The van der Waals surface area contributed by atoms with Crippen LogP contribution in [0.1, 0.15) is 53.5 Å². The lowest BCUT2D eigenvalue weighted by Gasteiger charge is -2.28. The largest absolute Gasteiger partial charge is 0.351 e. The maximum atomic E-state index is 14.3. The molecule has 2 heterocycles. The van der Waals surface area contributed by atoms with Crippen molar-refractivity contribution in [2.24, 2.45) is 0 Å². The van der Waals surface area contributed by atoms with Gasteiger partial charge in [-0.2, -0.15) is 0 Å². The normalized spacial score (nSPS) is 20.3. The van der Waals surface area contributed by atoms with Crippen LogP contribution in [0.5, 0.6) is 0 Å². The van der Waals surface area contributed by atoms with E-state index in [1.807, 2.05) is 60.7 Å². The average molecular weight is 826 g/mol. The number of hydrogen-bond acceptors (Lipinski definition) is 7. The van der Waals surface area contributed by atoms with Crippen molar-refractivity contribution in [3.8, 4) is 0 Å². The molecule has 11 nitrogen and oxygen atoms in total. The number of nitrogens with one attached hydrogen (secondary N) is 3. The van der Waals surface area contributed by atoms with Crippen molar-refractivity contribution >= 4 is 50.8 Å². The van der Waals surface area contributed by atoms with Gasteiger partial charge in [-0.15, -0.1) is 0 Å². The smallest absolute Gasteiger partial charge is 0.250 e. The molecule has 58 heavy (non-hydrogen) atoms. The molecule has 0 saturated carbocycles. The molecule has 3 atom stereocenters. The molecule has 4 aromatic carbocycles. The van der Waals surface area contributed by atoms with E-state index >= 15 is 0 Å². The number of fused-ring (bicyclic) bond motifs is 4. The fourth-order valence-corrected chi connectivity index (χ4v) is 8.57. The summed E-state index contributed by atoms with van der Waals surface area (Å²) in [7, 11) is -1.63. The van der Waals surface area contributed by atoms with E-state index < -0.39 is 27.8 Å². The molecular formula is C45H52ClN5O6S. The van der Waals surface area contributed by atoms with Crippen LogP contribution in [0.25, 0.3) is 0 Å². The van der Waals surface area contributed by atoms with Crippen molar-refractivity contribution in [2.75, 3.05) is 37.8 Å². The second kappa shape index (κ2) is 19.6. The summed E-state index contributed by atoms with van der Waals surface area (Å²) in [5.74, 6) is -1.26. The summed E-state index contributed by atoms with van der Waals surface area (Å²) >= 11 is 6.64. The number of rotatable bonds is 8. The molecule has 6 rings (SSSR count). The number of benzene rings is 4. The van der Waals surface area contributed by atoms with Gasteiger partial charge in [0.1, 0.15) is 12.6 Å². The highest BCUT2D eigenvalue weighted by atomic mass is 35.5. The first-order valence-corrected chi connectivity index (χ1v) is 22.1. The number of halogens is 1. The number of carbonyl (C=O) groups excluding carboxylic acids is 4. The van der Waals surface area contributed by atoms with Gasteiger partial charge < -0.3 is 25.8 Å². The van der Waals surface area contributed by atoms with Gasteiger partial charge in [-0.3, -0.25) is 19.2 Å². The Morgan fingerprint density at radius 2 is 1.47 bits per heavy atom. The molecule has 2 bridgehead atoms. The number of sulfone groups is 1. The van der Waals surface area contributed by atoms with Crippen LogP contribution in [0, 0.1) is 0 Å². The Balaban J connectivity index is 1.24. The Bertz CT molecular complexity index is 2200. The highest BCUT2D eigenvalue weighted by Gasteiger charge is 2.33. The molecule has 0 spiro atoms. The third-order valence-electron chi connectivity index (χ3n) is 10.9. The lowest BCUT2D eigenvalue weighted by Crippen LogP contribution is -2.52. The van der Waals surface area contributed by atoms with Crippen molar-refractivity contribution in [3.05, 3.63) is 130 Å². The maximum Gasteiger partial charge on any atom is 0.250 e. The van der Waals surface area contributed by atoms with Gasteiger partial charge in [0.05, 0.1) is 4.90 Å². The van der Waals surface area contributed by atoms with Crippen LogP contribution in [0.3, 0.4) is 0 Å². The average Bonchev–Trinajstić information content (AvgIpc) is 3.31. The summed E-state index contributed by atoms with van der Waals surface area (Å²) < 4.78 is 24.1. The Labute approximate surface area is 346 Å². The molecule has 1 fully saturated rings. The summed E-state index contributed by atoms with van der Waals surface area (Å²) in [4.78, 5) is 59.0. The SMILES string of the molecule is CN1CCCN[C@@H](Cc2ccc(S(C)(=O)=O)cc2)CC(=O)N[C@H]2CCc3ccccc3N(CC(=O)N[C@H](Cc3ccc(Cl)c(CCc4ccccc4)c3)CC1=O)C2=O. The minimum Gasteiger partial charge on any atom is -0.351 e. The second-order valence-corrected chi connectivity index (χ2v) is 17.9. The molecule has 4 aromatic rings. The summed E-state index contributed by atoms with van der Waals surface area (Å²) in [6.07, 6.45) is 5.09. The standard InChI is InChI=1S/C45H52ClN5O6S/c1-50-24-8-23-47-36(26-32-14-19-38(20-15-32)58(2,56)57)28-42(52)49-40-22-18-34-11-6-7-12-41(34)51(45(40)55)30-43(53)48-37(29-44(50)54)27-33-16-21-39(46)35(25-33)17-13-31-9-4-3-5-10-31/h3-7,9-12,14-16,19-21,25,36-37,40,47H,8,13,17-18,22-24,26-30H2,1-2H3,(H,48,53)(H,49,52)/t36-,37+,40-/m0/s1. The summed E-state index contributed by atoms with van der Waals surface area (Å²) in [6.45, 7) is 0.651. The Hall–Kier alpha value is -5.04. The first-order valence-electron chi connectivity index (χ1n) is 19.9. The predicted octanol–water partition coefficient (Wildman–Crippen LogP) is 4.86. The van der Waals surface area contributed by atoms with Gasteiger partial charge in [0.15, 0.2) is 9.84 Å². The van der Waals surface area contributed by atoms with E-state index in [1.54, 1.807) is 36.2 Å². The quantitative estimate of drug-likeness (QED) is 0.230. The number of hydrogen-bond donors (Lipinski definition) is 3. The lowest BCUT2D eigenvalue weighted by atomic mass is 9.98. The van der Waals surface area contributed by atoms with Crippen molar-refractivity contribution in [2.45, 2.75) is 80.8 Å². The Kier molecular flexibility index (Phi) is 14.4. The van der Waals surface area contributed by atoms with E-state index in [2.05, 4.69) is 28.1 Å². The minimum absolute atomic E-state index is 0.0486. The van der Waals surface area contributed by atoms with Gasteiger partial charge in [0, 0.05) is 55.5 Å². The van der Waals surface area contributed by atoms with Crippen molar-refractivity contribution in [1.82, 2.24) is 20.9 Å². The van der Waals surface area contributed by atoms with Crippen LogP contribution >= 0.6 is 11.6 Å². The minimum atomic E-state index is -3.37. The van der Waals surface area contributed by atoms with E-state index in [0.717, 1.165) is 41.4 Å². The fraction of sp³-hybridized carbons (Fsp3) is 0.378. The molecule has 3 N–H and O–H groups in total. The zero-order chi connectivity index (χ0) is 41.2. The topological polar surface area (TPSA) is 145 Å². The van der Waals surface area contributed by atoms with Crippen molar-refractivity contribution in [3.63, 3.8) is 0 Å².